The molecule has 0 saturated heterocycles. The van der Waals surface area contributed by atoms with Gasteiger partial charge in [0.25, 0.3) is 0 Å². The lowest BCUT2D eigenvalue weighted by Gasteiger charge is -2.33. The van der Waals surface area contributed by atoms with Gasteiger partial charge in [-0.05, 0) is 17.7 Å². The predicted octanol–water partition coefficient (Wildman–Crippen LogP) is 3.55. The van der Waals surface area contributed by atoms with Crippen LogP contribution < -0.4 is 10.1 Å². The number of nitrogens with zero attached hydrogens (tertiary/aromatic N) is 2. The summed E-state index contributed by atoms with van der Waals surface area (Å²) in [5.74, 6) is 1.05. The Labute approximate surface area is 119 Å². The van der Waals surface area contributed by atoms with E-state index < -0.39 is 18.3 Å². The summed E-state index contributed by atoms with van der Waals surface area (Å²) in [6.07, 6.45) is -3.05. The van der Waals surface area contributed by atoms with Crippen molar-refractivity contribution in [2.75, 3.05) is 12.4 Å². The Morgan fingerprint density at radius 2 is 1.95 bits per heavy atom. The minimum atomic E-state index is -4.33. The number of methoxy groups -OCH3 is 1. The van der Waals surface area contributed by atoms with Crippen LogP contribution in [0.25, 0.3) is 0 Å². The highest BCUT2D eigenvalue weighted by Crippen LogP contribution is 2.43. The summed E-state index contributed by atoms with van der Waals surface area (Å²) in [6.45, 7) is 0. The Bertz CT molecular complexity index is 621. The van der Waals surface area contributed by atoms with Gasteiger partial charge in [0.15, 0.2) is 6.04 Å². The van der Waals surface area contributed by atoms with Gasteiger partial charge in [0.1, 0.15) is 11.6 Å². The highest BCUT2D eigenvalue weighted by Gasteiger charge is 2.46. The van der Waals surface area contributed by atoms with Crippen molar-refractivity contribution < 1.29 is 17.9 Å². The molecule has 2 atom stereocenters. The summed E-state index contributed by atoms with van der Waals surface area (Å²) in [6, 6.07) is 6.56. The normalized spacial score (nSPS) is 21.5. The van der Waals surface area contributed by atoms with Crippen LogP contribution >= 0.6 is 0 Å². The molecule has 1 aliphatic heterocycles. The fourth-order valence-corrected chi connectivity index (χ4v) is 2.57. The maximum Gasteiger partial charge on any atom is 0.410 e. The van der Waals surface area contributed by atoms with Crippen LogP contribution in [0.2, 0.25) is 0 Å². The second-order valence-electron chi connectivity index (χ2n) is 4.92. The molecule has 0 radical (unpaired) electrons. The Kier molecular flexibility index (Phi) is 3.27. The van der Waals surface area contributed by atoms with Gasteiger partial charge < -0.3 is 10.1 Å². The second kappa shape index (κ2) is 4.98. The number of halogens is 3. The number of nitrogens with one attached hydrogen (secondary N) is 1. The lowest BCUT2D eigenvalue weighted by molar-refractivity contribution is -0.173. The number of hydrogen-bond acceptors (Lipinski definition) is 3. The van der Waals surface area contributed by atoms with Crippen molar-refractivity contribution in [1.82, 2.24) is 9.78 Å². The van der Waals surface area contributed by atoms with Gasteiger partial charge in [-0.25, -0.2) is 4.68 Å². The van der Waals surface area contributed by atoms with Crippen molar-refractivity contribution in [2.45, 2.75) is 24.7 Å². The fourth-order valence-electron chi connectivity index (χ4n) is 2.57. The van der Waals surface area contributed by atoms with Crippen LogP contribution in [-0.2, 0) is 0 Å². The zero-order valence-electron chi connectivity index (χ0n) is 11.3. The van der Waals surface area contributed by atoms with Crippen molar-refractivity contribution in [3.63, 3.8) is 0 Å². The minimum absolute atomic E-state index is 0.0927. The SMILES string of the molecule is COc1ccc([C@H]2C[C@@H](C(F)(F)F)n3nccc3N2)cc1. The number of hydrogen-bond donors (Lipinski definition) is 1. The first-order valence-electron chi connectivity index (χ1n) is 6.50. The summed E-state index contributed by atoms with van der Waals surface area (Å²) in [4.78, 5) is 0. The van der Waals surface area contributed by atoms with Crippen LogP contribution in [0.5, 0.6) is 5.75 Å². The first-order valence-corrected chi connectivity index (χ1v) is 6.50. The average Bonchev–Trinajstić information content (AvgIpc) is 2.93. The van der Waals surface area contributed by atoms with Crippen molar-refractivity contribution in [3.05, 3.63) is 42.1 Å². The molecule has 21 heavy (non-hydrogen) atoms. The van der Waals surface area contributed by atoms with Crippen molar-refractivity contribution >= 4 is 5.82 Å². The van der Waals surface area contributed by atoms with Gasteiger partial charge in [0.2, 0.25) is 0 Å². The number of aromatic nitrogens is 2. The molecule has 1 N–H and O–H groups in total. The second-order valence-corrected chi connectivity index (χ2v) is 4.92. The highest BCUT2D eigenvalue weighted by atomic mass is 19.4. The van der Waals surface area contributed by atoms with Gasteiger partial charge in [-0.2, -0.15) is 18.3 Å². The van der Waals surface area contributed by atoms with E-state index in [2.05, 4.69) is 10.4 Å². The Balaban J connectivity index is 1.92. The molecule has 0 saturated carbocycles. The monoisotopic (exact) mass is 297 g/mol. The smallest absolute Gasteiger partial charge is 0.410 e. The number of fused-ring (bicyclic) bond motifs is 1. The third-order valence-corrected chi connectivity index (χ3v) is 3.64. The van der Waals surface area contributed by atoms with Gasteiger partial charge in [-0.1, -0.05) is 12.1 Å². The molecule has 1 aromatic carbocycles. The van der Waals surface area contributed by atoms with Gasteiger partial charge in [-0.3, -0.25) is 0 Å². The molecule has 7 heteroatoms. The standard InChI is InChI=1S/C14H14F3N3O/c1-21-10-4-2-9(3-5-10)11-8-12(14(15,16)17)20-13(19-11)6-7-18-20/h2-7,11-12,19H,8H2,1H3/t11-,12+/m1/s1. The number of alkyl halides is 3. The maximum absolute atomic E-state index is 13.2. The van der Waals surface area contributed by atoms with E-state index in [-0.39, 0.29) is 6.42 Å². The van der Waals surface area contributed by atoms with Crippen LogP contribution in [0.3, 0.4) is 0 Å². The molecule has 0 bridgehead atoms. The molecule has 2 heterocycles. The van der Waals surface area contributed by atoms with E-state index in [1.165, 1.54) is 6.20 Å². The summed E-state index contributed by atoms with van der Waals surface area (Å²) in [7, 11) is 1.55. The molecule has 0 unspecified atom stereocenters. The van der Waals surface area contributed by atoms with Crippen molar-refractivity contribution in [1.29, 1.82) is 0 Å². The van der Waals surface area contributed by atoms with E-state index in [9.17, 15) is 13.2 Å². The summed E-state index contributed by atoms with van der Waals surface area (Å²) < 4.78 is 45.7. The zero-order valence-corrected chi connectivity index (χ0v) is 11.3. The molecule has 2 aromatic rings. The molecule has 0 spiro atoms. The van der Waals surface area contributed by atoms with E-state index in [4.69, 9.17) is 4.74 Å². The molecule has 4 nitrogen and oxygen atoms in total. The summed E-state index contributed by atoms with van der Waals surface area (Å²) in [5, 5.41) is 6.87. The molecular weight excluding hydrogens is 283 g/mol. The van der Waals surface area contributed by atoms with Crippen LogP contribution in [0, 0.1) is 0 Å². The number of anilines is 1. The highest BCUT2D eigenvalue weighted by molar-refractivity contribution is 5.42. The first-order chi connectivity index (χ1) is 9.99. The van der Waals surface area contributed by atoms with Crippen molar-refractivity contribution in [3.8, 4) is 5.75 Å². The lowest BCUT2D eigenvalue weighted by Crippen LogP contribution is -2.35. The van der Waals surface area contributed by atoms with E-state index in [1.807, 2.05) is 0 Å². The van der Waals surface area contributed by atoms with Gasteiger partial charge in [-0.15, -0.1) is 0 Å². The molecule has 0 fully saturated rings. The molecule has 1 aliphatic rings. The lowest BCUT2D eigenvalue weighted by atomic mass is 9.97. The van der Waals surface area contributed by atoms with Gasteiger partial charge >= 0.3 is 6.18 Å². The quantitative estimate of drug-likeness (QED) is 0.921. The largest absolute Gasteiger partial charge is 0.497 e. The first kappa shape index (κ1) is 13.8. The number of benzene rings is 1. The average molecular weight is 297 g/mol. The molecule has 3 rings (SSSR count). The predicted molar refractivity (Wildman–Crippen MR) is 71.3 cm³/mol. The molecule has 1 aromatic heterocycles. The molecule has 0 amide bonds. The van der Waals surface area contributed by atoms with E-state index in [0.717, 1.165) is 10.2 Å². The van der Waals surface area contributed by atoms with Gasteiger partial charge in [0, 0.05) is 12.5 Å². The summed E-state index contributed by atoms with van der Waals surface area (Å²) >= 11 is 0. The van der Waals surface area contributed by atoms with Crippen LogP contribution in [0.15, 0.2) is 36.5 Å². The molecule has 112 valence electrons. The van der Waals surface area contributed by atoms with Crippen molar-refractivity contribution in [2.24, 2.45) is 0 Å². The molecule has 0 aliphatic carbocycles. The Hall–Kier alpha value is -2.18. The van der Waals surface area contributed by atoms with E-state index in [0.29, 0.717) is 11.6 Å². The van der Waals surface area contributed by atoms with Gasteiger partial charge in [0.05, 0.1) is 19.3 Å². The number of rotatable bonds is 2. The van der Waals surface area contributed by atoms with Crippen LogP contribution in [-0.4, -0.2) is 23.1 Å². The number of ether oxygens (including phenoxy) is 1. The fraction of sp³-hybridized carbons (Fsp3) is 0.357. The Morgan fingerprint density at radius 3 is 2.57 bits per heavy atom. The van der Waals surface area contributed by atoms with E-state index in [1.54, 1.807) is 37.4 Å². The minimum Gasteiger partial charge on any atom is -0.497 e. The Morgan fingerprint density at radius 1 is 1.24 bits per heavy atom. The maximum atomic E-state index is 13.2. The van der Waals surface area contributed by atoms with Crippen LogP contribution in [0.1, 0.15) is 24.1 Å². The topological polar surface area (TPSA) is 39.1 Å². The van der Waals surface area contributed by atoms with Crippen LogP contribution in [0.4, 0.5) is 19.0 Å². The third-order valence-electron chi connectivity index (χ3n) is 3.64. The summed E-state index contributed by atoms with van der Waals surface area (Å²) in [5.41, 5.74) is 0.789. The zero-order chi connectivity index (χ0) is 15.0. The molecular formula is C14H14F3N3O. The third kappa shape index (κ3) is 2.55. The van der Waals surface area contributed by atoms with E-state index >= 15 is 0 Å².